The van der Waals surface area contributed by atoms with Crippen molar-refractivity contribution in [3.63, 3.8) is 0 Å². The molecule has 5 rings (SSSR count). The van der Waals surface area contributed by atoms with Gasteiger partial charge in [-0.05, 0) is 73.8 Å². The molecule has 3 amide bonds. The molecule has 4 heterocycles. The summed E-state index contributed by atoms with van der Waals surface area (Å²) in [5, 5.41) is 5.13. The molecule has 2 aliphatic heterocycles. The second kappa shape index (κ2) is 10.1. The van der Waals surface area contributed by atoms with Crippen LogP contribution in [0.5, 0.6) is 0 Å². The first-order valence-corrected chi connectivity index (χ1v) is 12.9. The van der Waals surface area contributed by atoms with Crippen molar-refractivity contribution < 1.29 is 9.59 Å². The molecule has 1 atom stereocenters. The fourth-order valence-corrected chi connectivity index (χ4v) is 5.95. The minimum absolute atomic E-state index is 0.0126. The Hall–Kier alpha value is -3.03. The molecule has 0 radical (unpaired) electrons. The molecule has 0 bridgehead atoms. The second-order valence-corrected chi connectivity index (χ2v) is 10.1. The lowest BCUT2D eigenvalue weighted by atomic mass is 9.75. The Morgan fingerprint density at radius 3 is 2.44 bits per heavy atom. The molecule has 0 spiro atoms. The van der Waals surface area contributed by atoms with Gasteiger partial charge in [-0.3, -0.25) is 14.7 Å². The average molecular weight is 475 g/mol. The molecule has 3 aromatic rings. The van der Waals surface area contributed by atoms with E-state index >= 15 is 0 Å². The van der Waals surface area contributed by atoms with Crippen molar-refractivity contribution in [2.24, 2.45) is 5.92 Å². The minimum atomic E-state index is -1.08. The number of piperidine rings is 1. The van der Waals surface area contributed by atoms with Crippen LogP contribution < -0.4 is 5.32 Å². The highest BCUT2D eigenvalue weighted by Gasteiger charge is 2.57. The van der Waals surface area contributed by atoms with Crippen molar-refractivity contribution in [1.29, 1.82) is 0 Å². The number of benzene rings is 1. The summed E-state index contributed by atoms with van der Waals surface area (Å²) in [5.41, 5.74) is 0.906. The molecule has 2 aromatic heterocycles. The number of pyridine rings is 1. The zero-order chi connectivity index (χ0) is 23.4. The number of hydrogen-bond acceptors (Lipinski definition) is 5. The van der Waals surface area contributed by atoms with Gasteiger partial charge in [-0.25, -0.2) is 4.79 Å². The van der Waals surface area contributed by atoms with E-state index in [0.717, 1.165) is 38.9 Å². The third-order valence-corrected chi connectivity index (χ3v) is 8.06. The number of imide groups is 1. The standard InChI is InChI=1S/C27H30N4O2S/c32-25-27(24-10-4-5-15-28-24,29-26(33)31(25)19-14-23-9-6-20-34-23)22-12-17-30(18-13-22)16-11-21-7-2-1-3-8-21/h1-10,15,20,22H,11-14,16-19H2,(H,29,33)/t27-/m1/s1. The molecule has 0 unspecified atom stereocenters. The monoisotopic (exact) mass is 474 g/mol. The highest BCUT2D eigenvalue weighted by atomic mass is 32.1. The van der Waals surface area contributed by atoms with Crippen LogP contribution in [0, 0.1) is 5.92 Å². The average Bonchev–Trinajstić information content (AvgIpc) is 3.49. The van der Waals surface area contributed by atoms with Crippen molar-refractivity contribution >= 4 is 23.3 Å². The summed E-state index contributed by atoms with van der Waals surface area (Å²) in [4.78, 5) is 36.5. The molecule has 2 saturated heterocycles. The van der Waals surface area contributed by atoms with E-state index in [2.05, 4.69) is 39.5 Å². The minimum Gasteiger partial charge on any atom is -0.318 e. The van der Waals surface area contributed by atoms with E-state index in [1.807, 2.05) is 41.8 Å². The highest BCUT2D eigenvalue weighted by molar-refractivity contribution is 7.09. The Bertz CT molecular complexity index is 1100. The van der Waals surface area contributed by atoms with Gasteiger partial charge in [0.05, 0.1) is 5.69 Å². The Morgan fingerprint density at radius 1 is 0.941 bits per heavy atom. The maximum atomic E-state index is 13.9. The molecular weight excluding hydrogens is 444 g/mol. The number of carbonyl (C=O) groups is 2. The predicted octanol–water partition coefficient (Wildman–Crippen LogP) is 4.09. The van der Waals surface area contributed by atoms with Crippen LogP contribution in [0.1, 0.15) is 29.0 Å². The molecule has 6 nitrogen and oxygen atoms in total. The lowest BCUT2D eigenvalue weighted by molar-refractivity contribution is -0.134. The summed E-state index contributed by atoms with van der Waals surface area (Å²) < 4.78 is 0. The van der Waals surface area contributed by atoms with Gasteiger partial charge < -0.3 is 10.2 Å². The third kappa shape index (κ3) is 4.50. The number of rotatable bonds is 8. The van der Waals surface area contributed by atoms with Gasteiger partial charge in [-0.1, -0.05) is 42.5 Å². The fourth-order valence-electron chi connectivity index (χ4n) is 5.25. The van der Waals surface area contributed by atoms with E-state index in [0.29, 0.717) is 18.7 Å². The number of aromatic nitrogens is 1. The van der Waals surface area contributed by atoms with Gasteiger partial charge in [0.25, 0.3) is 5.91 Å². The SMILES string of the molecule is O=C1N[C@@](c2ccccn2)(C2CCN(CCc3ccccc3)CC2)C(=O)N1CCc1cccs1. The van der Waals surface area contributed by atoms with Crippen molar-refractivity contribution in [2.75, 3.05) is 26.2 Å². The van der Waals surface area contributed by atoms with E-state index in [9.17, 15) is 9.59 Å². The molecule has 0 aliphatic carbocycles. The molecule has 7 heteroatoms. The van der Waals surface area contributed by atoms with Gasteiger partial charge in [0.15, 0.2) is 5.54 Å². The van der Waals surface area contributed by atoms with E-state index in [1.54, 1.807) is 17.5 Å². The van der Waals surface area contributed by atoms with Gasteiger partial charge in [0.2, 0.25) is 0 Å². The first-order valence-electron chi connectivity index (χ1n) is 12.0. The van der Waals surface area contributed by atoms with Crippen LogP contribution in [0.4, 0.5) is 4.79 Å². The molecule has 1 N–H and O–H groups in total. The number of likely N-dealkylation sites (tertiary alicyclic amines) is 1. The summed E-state index contributed by atoms with van der Waals surface area (Å²) in [6.07, 6.45) is 5.09. The number of amides is 3. The van der Waals surface area contributed by atoms with Crippen LogP contribution in [0.25, 0.3) is 0 Å². The molecule has 176 valence electrons. The van der Waals surface area contributed by atoms with Crippen molar-refractivity contribution in [2.45, 2.75) is 31.2 Å². The topological polar surface area (TPSA) is 65.5 Å². The Labute approximate surface area is 204 Å². The van der Waals surface area contributed by atoms with E-state index < -0.39 is 5.54 Å². The molecule has 0 saturated carbocycles. The zero-order valence-electron chi connectivity index (χ0n) is 19.2. The van der Waals surface area contributed by atoms with Crippen LogP contribution in [0.15, 0.2) is 72.2 Å². The van der Waals surface area contributed by atoms with Gasteiger partial charge in [-0.2, -0.15) is 0 Å². The maximum absolute atomic E-state index is 13.9. The van der Waals surface area contributed by atoms with Crippen LogP contribution in [-0.2, 0) is 23.2 Å². The first-order chi connectivity index (χ1) is 16.7. The number of nitrogens with zero attached hydrogens (tertiary/aromatic N) is 3. The summed E-state index contributed by atoms with van der Waals surface area (Å²) in [7, 11) is 0. The quantitative estimate of drug-likeness (QED) is 0.500. The summed E-state index contributed by atoms with van der Waals surface area (Å²) in [6.45, 7) is 3.20. The van der Waals surface area contributed by atoms with Crippen LogP contribution >= 0.6 is 11.3 Å². The second-order valence-electron chi connectivity index (χ2n) is 9.09. The summed E-state index contributed by atoms with van der Waals surface area (Å²) in [5.74, 6) is -0.144. The Kier molecular flexibility index (Phi) is 6.74. The highest BCUT2D eigenvalue weighted by Crippen LogP contribution is 2.40. The molecule has 34 heavy (non-hydrogen) atoms. The summed E-state index contributed by atoms with van der Waals surface area (Å²) in [6, 6.07) is 19.9. The molecule has 2 aliphatic rings. The lowest BCUT2D eigenvalue weighted by Gasteiger charge is -2.40. The van der Waals surface area contributed by atoms with Crippen molar-refractivity contribution in [3.8, 4) is 0 Å². The molecule has 2 fully saturated rings. The van der Waals surface area contributed by atoms with E-state index in [4.69, 9.17) is 0 Å². The number of urea groups is 1. The maximum Gasteiger partial charge on any atom is 0.325 e. The predicted molar refractivity (Wildman–Crippen MR) is 133 cm³/mol. The number of thiophene rings is 1. The third-order valence-electron chi connectivity index (χ3n) is 7.12. The first kappa shape index (κ1) is 22.7. The zero-order valence-corrected chi connectivity index (χ0v) is 20.0. The Balaban J connectivity index is 1.31. The largest absolute Gasteiger partial charge is 0.325 e. The van der Waals surface area contributed by atoms with Crippen LogP contribution in [-0.4, -0.2) is 52.9 Å². The fraction of sp³-hybridized carbons (Fsp3) is 0.370. The van der Waals surface area contributed by atoms with Crippen LogP contribution in [0.2, 0.25) is 0 Å². The molecule has 1 aromatic carbocycles. The van der Waals surface area contributed by atoms with Crippen molar-refractivity contribution in [3.05, 3.63) is 88.4 Å². The summed E-state index contributed by atoms with van der Waals surface area (Å²) >= 11 is 1.65. The van der Waals surface area contributed by atoms with Gasteiger partial charge in [-0.15, -0.1) is 11.3 Å². The lowest BCUT2D eigenvalue weighted by Crippen LogP contribution is -2.54. The van der Waals surface area contributed by atoms with Gasteiger partial charge >= 0.3 is 6.03 Å². The Morgan fingerprint density at radius 2 is 1.74 bits per heavy atom. The van der Waals surface area contributed by atoms with Gasteiger partial charge in [0, 0.05) is 24.2 Å². The molecular formula is C27H30N4O2S. The number of hydrogen-bond donors (Lipinski definition) is 1. The van der Waals surface area contributed by atoms with E-state index in [1.165, 1.54) is 15.3 Å². The normalized spacial score (nSPS) is 21.7. The van der Waals surface area contributed by atoms with Gasteiger partial charge in [0.1, 0.15) is 0 Å². The smallest absolute Gasteiger partial charge is 0.318 e. The van der Waals surface area contributed by atoms with E-state index in [-0.39, 0.29) is 17.9 Å². The van der Waals surface area contributed by atoms with Crippen molar-refractivity contribution in [1.82, 2.24) is 20.1 Å². The number of nitrogens with one attached hydrogen (secondary N) is 1. The van der Waals surface area contributed by atoms with Crippen LogP contribution in [0.3, 0.4) is 0 Å². The number of carbonyl (C=O) groups excluding carboxylic acids is 2.